The number of aromatic nitrogens is 2. The summed E-state index contributed by atoms with van der Waals surface area (Å²) >= 11 is 6.03. The first-order valence-corrected chi connectivity index (χ1v) is 13.3. The van der Waals surface area contributed by atoms with Crippen LogP contribution < -0.4 is 20.9 Å². The standard InChI is InChI=1S/C22H26ClFN3O9P/c1-4-12(2)33-18(29)13(3)26-37(32,35-14-8-6-5-7-9-14)36-17-16-21(17,31)22(23,24)19(34-16)27-11-10-15(28)25-20(27)30/h5-13,16-17,19,31H,4H2,1-3H3,(H,26,32)(H,25,28,30)/t12-,13-,16+,17?,19+,21-,22-,37?/m0/s1. The Morgan fingerprint density at radius 3 is 2.57 bits per heavy atom. The zero-order valence-electron chi connectivity index (χ0n) is 20.0. The number of rotatable bonds is 10. The third-order valence-corrected chi connectivity index (χ3v) is 8.22. The van der Waals surface area contributed by atoms with E-state index in [4.69, 9.17) is 30.1 Å². The van der Waals surface area contributed by atoms with Gasteiger partial charge in [0, 0.05) is 12.3 Å². The molecule has 0 radical (unpaired) electrons. The minimum Gasteiger partial charge on any atom is -0.462 e. The molecule has 1 aromatic heterocycles. The molecule has 0 spiro atoms. The zero-order chi connectivity index (χ0) is 27.2. The van der Waals surface area contributed by atoms with E-state index in [0.717, 1.165) is 12.3 Å². The minimum absolute atomic E-state index is 0.0922. The topological polar surface area (TPSA) is 158 Å². The van der Waals surface area contributed by atoms with Crippen molar-refractivity contribution in [3.05, 3.63) is 63.4 Å². The average Bonchev–Trinajstić information content (AvgIpc) is 3.32. The van der Waals surface area contributed by atoms with E-state index in [2.05, 4.69) is 5.09 Å². The summed E-state index contributed by atoms with van der Waals surface area (Å²) in [7, 11) is -4.49. The maximum Gasteiger partial charge on any atom is 0.459 e. The van der Waals surface area contributed by atoms with Crippen LogP contribution in [0.25, 0.3) is 0 Å². The number of halogens is 2. The fourth-order valence-electron chi connectivity index (χ4n) is 3.80. The van der Waals surface area contributed by atoms with E-state index in [1.807, 2.05) is 11.9 Å². The molecule has 1 saturated carbocycles. The van der Waals surface area contributed by atoms with Crippen molar-refractivity contribution in [2.45, 2.75) is 68.5 Å². The third-order valence-electron chi connectivity index (χ3n) is 6.08. The number of nitrogens with one attached hydrogen (secondary N) is 2. The summed E-state index contributed by atoms with van der Waals surface area (Å²) in [5.41, 5.74) is -4.29. The molecule has 2 aromatic rings. The number of hydrogen-bond donors (Lipinski definition) is 3. The van der Waals surface area contributed by atoms with E-state index < -0.39 is 66.3 Å². The van der Waals surface area contributed by atoms with Gasteiger partial charge in [-0.25, -0.2) is 13.8 Å². The number of hydrogen-bond acceptors (Lipinski definition) is 9. The van der Waals surface area contributed by atoms with Gasteiger partial charge in [-0.2, -0.15) is 5.09 Å². The van der Waals surface area contributed by atoms with Gasteiger partial charge in [-0.1, -0.05) is 36.7 Å². The van der Waals surface area contributed by atoms with E-state index in [1.54, 1.807) is 25.1 Å². The molecule has 3 N–H and O–H groups in total. The molecule has 2 heterocycles. The second-order valence-corrected chi connectivity index (χ2v) is 11.0. The summed E-state index contributed by atoms with van der Waals surface area (Å²) < 4.78 is 51.8. The van der Waals surface area contributed by atoms with Gasteiger partial charge >= 0.3 is 19.4 Å². The van der Waals surface area contributed by atoms with E-state index in [0.29, 0.717) is 11.0 Å². The van der Waals surface area contributed by atoms with Gasteiger partial charge in [-0.3, -0.25) is 23.7 Å². The highest BCUT2D eigenvalue weighted by molar-refractivity contribution is 7.52. The number of esters is 1. The van der Waals surface area contributed by atoms with Crippen LogP contribution in [0.3, 0.4) is 0 Å². The fourth-order valence-corrected chi connectivity index (χ4v) is 5.88. The lowest BCUT2D eigenvalue weighted by atomic mass is 10.1. The zero-order valence-corrected chi connectivity index (χ0v) is 21.6. The van der Waals surface area contributed by atoms with Gasteiger partial charge in [0.05, 0.1) is 6.10 Å². The normalized spacial score (nSPS) is 31.6. The maximum atomic E-state index is 15.7. The van der Waals surface area contributed by atoms with Crippen LogP contribution in [0, 0.1) is 0 Å². The van der Waals surface area contributed by atoms with Crippen molar-refractivity contribution in [1.82, 2.24) is 14.6 Å². The molecule has 2 fully saturated rings. The number of nitrogens with zero attached hydrogens (tertiary/aromatic N) is 1. The van der Waals surface area contributed by atoms with Crippen LogP contribution in [0.4, 0.5) is 4.39 Å². The van der Waals surface area contributed by atoms with Gasteiger partial charge in [-0.05, 0) is 32.4 Å². The summed E-state index contributed by atoms with van der Waals surface area (Å²) in [5.74, 6) is -0.648. The molecule has 1 aliphatic heterocycles. The SMILES string of the molecule is CC[C@H](C)OC(=O)[C@H](C)NP(=O)(Oc1ccccc1)OC1[C@H]2O[C@@H](n3ccc(=O)[nH]c3=O)[C@@](F)(Cl)[C@@]12O. The van der Waals surface area contributed by atoms with Crippen LogP contribution in [-0.2, 0) is 23.4 Å². The number of ether oxygens (including phenoxy) is 2. The van der Waals surface area contributed by atoms with Crippen molar-refractivity contribution in [2.75, 3.05) is 0 Å². The first kappa shape index (κ1) is 27.5. The number of H-pyrrole nitrogens is 1. The van der Waals surface area contributed by atoms with E-state index in [-0.39, 0.29) is 5.75 Å². The van der Waals surface area contributed by atoms with Gasteiger partial charge < -0.3 is 19.1 Å². The van der Waals surface area contributed by atoms with Gasteiger partial charge in [0.2, 0.25) is 0 Å². The molecule has 4 rings (SSSR count). The molecule has 1 saturated heterocycles. The Bertz CT molecular complexity index is 1320. The molecule has 12 nitrogen and oxygen atoms in total. The predicted molar refractivity (Wildman–Crippen MR) is 128 cm³/mol. The van der Waals surface area contributed by atoms with Crippen LogP contribution in [-0.4, -0.2) is 55.7 Å². The van der Waals surface area contributed by atoms with Crippen molar-refractivity contribution < 1.29 is 37.4 Å². The Morgan fingerprint density at radius 1 is 1.32 bits per heavy atom. The number of carbonyl (C=O) groups excluding carboxylic acids is 1. The highest BCUT2D eigenvalue weighted by atomic mass is 35.5. The summed E-state index contributed by atoms with van der Waals surface area (Å²) in [4.78, 5) is 37.8. The quantitative estimate of drug-likeness (QED) is 0.222. The van der Waals surface area contributed by atoms with E-state index >= 15 is 4.39 Å². The minimum atomic E-state index is -4.49. The smallest absolute Gasteiger partial charge is 0.459 e. The first-order valence-electron chi connectivity index (χ1n) is 11.4. The number of aliphatic hydroxyl groups is 1. The molecular formula is C22H26ClFN3O9P. The lowest BCUT2D eigenvalue weighted by molar-refractivity contribution is -0.150. The van der Waals surface area contributed by atoms with Crippen LogP contribution in [0.2, 0.25) is 0 Å². The van der Waals surface area contributed by atoms with E-state index in [1.165, 1.54) is 19.1 Å². The average molecular weight is 562 g/mol. The van der Waals surface area contributed by atoms with Crippen molar-refractivity contribution in [3.8, 4) is 5.75 Å². The molecule has 0 bridgehead atoms. The van der Waals surface area contributed by atoms with Crippen molar-refractivity contribution in [1.29, 1.82) is 0 Å². The van der Waals surface area contributed by atoms with Gasteiger partial charge in [0.25, 0.3) is 10.7 Å². The molecule has 1 aromatic carbocycles. The van der Waals surface area contributed by atoms with Crippen LogP contribution >= 0.6 is 19.3 Å². The summed E-state index contributed by atoms with van der Waals surface area (Å²) in [6.45, 7) is 4.87. The molecule has 37 heavy (non-hydrogen) atoms. The molecule has 1 aliphatic carbocycles. The first-order chi connectivity index (χ1) is 17.3. The van der Waals surface area contributed by atoms with Gasteiger partial charge in [0.15, 0.2) is 11.8 Å². The van der Waals surface area contributed by atoms with Crippen molar-refractivity contribution >= 4 is 25.3 Å². The van der Waals surface area contributed by atoms with Gasteiger partial charge in [0.1, 0.15) is 24.0 Å². The Balaban J connectivity index is 1.56. The Morgan fingerprint density at radius 2 is 2.00 bits per heavy atom. The second kappa shape index (κ2) is 9.97. The van der Waals surface area contributed by atoms with Crippen LogP contribution in [0.5, 0.6) is 5.75 Å². The van der Waals surface area contributed by atoms with Gasteiger partial charge in [-0.15, -0.1) is 0 Å². The largest absolute Gasteiger partial charge is 0.462 e. The molecule has 202 valence electrons. The second-order valence-electron chi connectivity index (χ2n) is 8.81. The number of para-hydroxylation sites is 1. The predicted octanol–water partition coefficient (Wildman–Crippen LogP) is 1.98. The lowest BCUT2D eigenvalue weighted by Crippen LogP contribution is -2.47. The van der Waals surface area contributed by atoms with Crippen molar-refractivity contribution in [3.63, 3.8) is 0 Å². The number of benzene rings is 1. The van der Waals surface area contributed by atoms with Crippen LogP contribution in [0.1, 0.15) is 33.4 Å². The fraction of sp³-hybridized carbons (Fsp3) is 0.500. The number of fused-ring (bicyclic) bond motifs is 1. The third kappa shape index (κ3) is 5.12. The summed E-state index contributed by atoms with van der Waals surface area (Å²) in [5, 5.41) is 10.3. The summed E-state index contributed by atoms with van der Waals surface area (Å²) in [6, 6.07) is 7.59. The van der Waals surface area contributed by atoms with Crippen molar-refractivity contribution in [2.24, 2.45) is 0 Å². The maximum absolute atomic E-state index is 15.7. The number of carbonyl (C=O) groups is 1. The lowest BCUT2D eigenvalue weighted by Gasteiger charge is -2.30. The molecule has 2 aliphatic rings. The monoisotopic (exact) mass is 561 g/mol. The van der Waals surface area contributed by atoms with Crippen LogP contribution in [0.15, 0.2) is 52.2 Å². The molecule has 8 atom stereocenters. The molecule has 15 heteroatoms. The number of aromatic amines is 1. The highest BCUT2D eigenvalue weighted by Gasteiger charge is 2.87. The molecule has 0 amide bonds. The molecule has 2 unspecified atom stereocenters. The number of alkyl halides is 2. The Hall–Kier alpha value is -2.54. The van der Waals surface area contributed by atoms with E-state index in [9.17, 15) is 24.1 Å². The Kier molecular flexibility index (Phi) is 7.41. The molecular weight excluding hydrogens is 536 g/mol. The highest BCUT2D eigenvalue weighted by Crippen LogP contribution is 2.67. The Labute approximate surface area is 215 Å². The summed E-state index contributed by atoms with van der Waals surface area (Å²) in [6.07, 6.45) is -3.79.